The summed E-state index contributed by atoms with van der Waals surface area (Å²) in [5, 5.41) is 0. The fourth-order valence-corrected chi connectivity index (χ4v) is 1.36. The van der Waals surface area contributed by atoms with Crippen molar-refractivity contribution in [2.24, 2.45) is 0 Å². The average Bonchev–Trinajstić information content (AvgIpc) is 2.18. The standard InChI is InChI=1S/C12H16FNO/c1-10(15)12(13)9-14(2)8-11-6-4-3-5-7-11/h3-7,12H,8-9H2,1-2H3. The number of alkyl halides is 1. The van der Waals surface area contributed by atoms with Crippen LogP contribution in [-0.4, -0.2) is 30.4 Å². The Labute approximate surface area is 89.7 Å². The highest BCUT2D eigenvalue weighted by atomic mass is 19.1. The van der Waals surface area contributed by atoms with E-state index in [1.807, 2.05) is 37.4 Å². The lowest BCUT2D eigenvalue weighted by Crippen LogP contribution is -2.30. The Morgan fingerprint density at radius 3 is 2.53 bits per heavy atom. The molecule has 0 bridgehead atoms. The molecule has 1 atom stereocenters. The van der Waals surface area contributed by atoms with E-state index in [1.165, 1.54) is 6.92 Å². The molecule has 15 heavy (non-hydrogen) atoms. The quantitative estimate of drug-likeness (QED) is 0.739. The van der Waals surface area contributed by atoms with Gasteiger partial charge in [0.05, 0.1) is 0 Å². The zero-order valence-corrected chi connectivity index (χ0v) is 9.11. The number of carbonyl (C=O) groups excluding carboxylic acids is 1. The van der Waals surface area contributed by atoms with Crippen LogP contribution in [0.1, 0.15) is 12.5 Å². The average molecular weight is 209 g/mol. The molecule has 0 heterocycles. The molecular weight excluding hydrogens is 193 g/mol. The molecule has 1 aromatic rings. The maximum atomic E-state index is 13.1. The Morgan fingerprint density at radius 1 is 1.40 bits per heavy atom. The van der Waals surface area contributed by atoms with E-state index >= 15 is 0 Å². The molecule has 1 unspecified atom stereocenters. The van der Waals surface area contributed by atoms with Crippen LogP contribution in [0.25, 0.3) is 0 Å². The molecule has 0 radical (unpaired) electrons. The largest absolute Gasteiger partial charge is 0.299 e. The van der Waals surface area contributed by atoms with Gasteiger partial charge in [-0.3, -0.25) is 9.69 Å². The molecule has 1 aromatic carbocycles. The molecule has 3 heteroatoms. The third-order valence-corrected chi connectivity index (χ3v) is 2.21. The normalized spacial score (nSPS) is 12.8. The van der Waals surface area contributed by atoms with Crippen LogP contribution in [0.5, 0.6) is 0 Å². The van der Waals surface area contributed by atoms with E-state index in [2.05, 4.69) is 0 Å². The van der Waals surface area contributed by atoms with Crippen molar-refractivity contribution in [3.05, 3.63) is 35.9 Å². The van der Waals surface area contributed by atoms with Crippen LogP contribution in [0, 0.1) is 0 Å². The van der Waals surface area contributed by atoms with Gasteiger partial charge in [-0.25, -0.2) is 4.39 Å². The third kappa shape index (κ3) is 4.21. The summed E-state index contributed by atoms with van der Waals surface area (Å²) in [6, 6.07) is 9.80. The maximum absolute atomic E-state index is 13.1. The number of ketones is 1. The second-order valence-electron chi connectivity index (χ2n) is 3.76. The highest BCUT2D eigenvalue weighted by Gasteiger charge is 2.14. The molecule has 0 saturated heterocycles. The molecule has 82 valence electrons. The van der Waals surface area contributed by atoms with Gasteiger partial charge in [0, 0.05) is 13.1 Å². The first-order chi connectivity index (χ1) is 7.09. The fourth-order valence-electron chi connectivity index (χ4n) is 1.36. The second-order valence-corrected chi connectivity index (χ2v) is 3.76. The highest BCUT2D eigenvalue weighted by molar-refractivity contribution is 5.80. The highest BCUT2D eigenvalue weighted by Crippen LogP contribution is 2.04. The summed E-state index contributed by atoms with van der Waals surface area (Å²) in [7, 11) is 1.81. The monoisotopic (exact) mass is 209 g/mol. The predicted octanol–water partition coefficient (Wildman–Crippen LogP) is 2.05. The molecule has 0 aliphatic rings. The zero-order chi connectivity index (χ0) is 11.3. The van der Waals surface area contributed by atoms with Crippen molar-refractivity contribution < 1.29 is 9.18 Å². The van der Waals surface area contributed by atoms with Gasteiger partial charge in [0.25, 0.3) is 0 Å². The second kappa shape index (κ2) is 5.61. The zero-order valence-electron chi connectivity index (χ0n) is 9.11. The fraction of sp³-hybridized carbons (Fsp3) is 0.417. The van der Waals surface area contributed by atoms with Crippen molar-refractivity contribution in [3.63, 3.8) is 0 Å². The van der Waals surface area contributed by atoms with E-state index < -0.39 is 12.0 Å². The van der Waals surface area contributed by atoms with Crippen molar-refractivity contribution in [1.82, 2.24) is 4.90 Å². The summed E-state index contributed by atoms with van der Waals surface area (Å²) in [5.41, 5.74) is 1.12. The van der Waals surface area contributed by atoms with Crippen LogP contribution >= 0.6 is 0 Å². The molecule has 0 spiro atoms. The number of halogens is 1. The molecule has 0 N–H and O–H groups in total. The van der Waals surface area contributed by atoms with Crippen molar-refractivity contribution in [2.75, 3.05) is 13.6 Å². The van der Waals surface area contributed by atoms with Gasteiger partial charge in [0.15, 0.2) is 12.0 Å². The van der Waals surface area contributed by atoms with Gasteiger partial charge >= 0.3 is 0 Å². The van der Waals surface area contributed by atoms with Crippen molar-refractivity contribution >= 4 is 5.78 Å². The first-order valence-electron chi connectivity index (χ1n) is 4.96. The Balaban J connectivity index is 2.43. The molecule has 0 aromatic heterocycles. The van der Waals surface area contributed by atoms with Crippen molar-refractivity contribution in [1.29, 1.82) is 0 Å². The Kier molecular flexibility index (Phi) is 4.43. The number of nitrogens with zero attached hydrogens (tertiary/aromatic N) is 1. The summed E-state index contributed by atoms with van der Waals surface area (Å²) in [6.07, 6.45) is -1.38. The van der Waals surface area contributed by atoms with E-state index in [9.17, 15) is 9.18 Å². The molecule has 0 amide bonds. The Morgan fingerprint density at radius 2 is 2.00 bits per heavy atom. The van der Waals surface area contributed by atoms with Gasteiger partial charge in [-0.15, -0.1) is 0 Å². The predicted molar refractivity (Wildman–Crippen MR) is 58.4 cm³/mol. The smallest absolute Gasteiger partial charge is 0.170 e. The van der Waals surface area contributed by atoms with Gasteiger partial charge in [-0.1, -0.05) is 30.3 Å². The van der Waals surface area contributed by atoms with E-state index in [4.69, 9.17) is 0 Å². The molecule has 2 nitrogen and oxygen atoms in total. The molecule has 0 fully saturated rings. The number of Topliss-reactive ketones (excluding diaryl/α,β-unsaturated/α-hetero) is 1. The van der Waals surface area contributed by atoms with E-state index in [0.29, 0.717) is 6.54 Å². The minimum atomic E-state index is -1.38. The third-order valence-electron chi connectivity index (χ3n) is 2.21. The molecule has 0 aliphatic carbocycles. The van der Waals surface area contributed by atoms with Crippen LogP contribution in [-0.2, 0) is 11.3 Å². The van der Waals surface area contributed by atoms with Crippen molar-refractivity contribution in [2.45, 2.75) is 19.6 Å². The Hall–Kier alpha value is -1.22. The number of rotatable bonds is 5. The summed E-state index contributed by atoms with van der Waals surface area (Å²) in [6.45, 7) is 2.10. The number of hydrogen-bond donors (Lipinski definition) is 0. The van der Waals surface area contributed by atoms with Crippen LogP contribution in [0.2, 0.25) is 0 Å². The summed E-state index contributed by atoms with van der Waals surface area (Å²) >= 11 is 0. The van der Waals surface area contributed by atoms with E-state index in [-0.39, 0.29) is 6.54 Å². The minimum Gasteiger partial charge on any atom is -0.299 e. The van der Waals surface area contributed by atoms with E-state index in [0.717, 1.165) is 5.56 Å². The van der Waals surface area contributed by atoms with Gasteiger partial charge in [0.1, 0.15) is 0 Å². The lowest BCUT2D eigenvalue weighted by atomic mass is 10.2. The minimum absolute atomic E-state index is 0.157. The van der Waals surface area contributed by atoms with E-state index in [1.54, 1.807) is 4.90 Å². The first kappa shape index (κ1) is 11.9. The molecule has 1 rings (SSSR count). The number of benzene rings is 1. The number of hydrogen-bond acceptors (Lipinski definition) is 2. The lowest BCUT2D eigenvalue weighted by molar-refractivity contribution is -0.122. The molecule has 0 aliphatic heterocycles. The first-order valence-corrected chi connectivity index (χ1v) is 4.96. The van der Waals surface area contributed by atoms with Crippen molar-refractivity contribution in [3.8, 4) is 0 Å². The van der Waals surface area contributed by atoms with Gasteiger partial charge in [-0.2, -0.15) is 0 Å². The molecule has 0 saturated carbocycles. The lowest BCUT2D eigenvalue weighted by Gasteiger charge is -2.17. The summed E-state index contributed by atoms with van der Waals surface area (Å²) in [4.78, 5) is 12.5. The SMILES string of the molecule is CC(=O)C(F)CN(C)Cc1ccccc1. The summed E-state index contributed by atoms with van der Waals surface area (Å²) in [5.74, 6) is -0.407. The topological polar surface area (TPSA) is 20.3 Å². The number of carbonyl (C=O) groups is 1. The van der Waals surface area contributed by atoms with Gasteiger partial charge in [-0.05, 0) is 19.5 Å². The summed E-state index contributed by atoms with van der Waals surface area (Å²) < 4.78 is 13.1. The maximum Gasteiger partial charge on any atom is 0.170 e. The Bertz CT molecular complexity index is 313. The van der Waals surface area contributed by atoms with Crippen LogP contribution in [0.4, 0.5) is 4.39 Å². The van der Waals surface area contributed by atoms with Crippen LogP contribution in [0.3, 0.4) is 0 Å². The van der Waals surface area contributed by atoms with Crippen LogP contribution in [0.15, 0.2) is 30.3 Å². The van der Waals surface area contributed by atoms with Crippen LogP contribution < -0.4 is 0 Å². The van der Waals surface area contributed by atoms with Gasteiger partial charge in [0.2, 0.25) is 0 Å². The van der Waals surface area contributed by atoms with Gasteiger partial charge < -0.3 is 0 Å². The molecular formula is C12H16FNO.